The van der Waals surface area contributed by atoms with E-state index in [4.69, 9.17) is 16.3 Å². The standard InChI is InChI=1S/C17H18ClFN2O2/c18-14-3-1-13(2-4-14)9-10-20-17(22)21-11-12-23-16-7-5-15(19)6-8-16/h1-8H,9-12H2,(H2,20,21,22). The van der Waals surface area contributed by atoms with Crippen LogP contribution in [0.2, 0.25) is 5.02 Å². The lowest BCUT2D eigenvalue weighted by Gasteiger charge is -2.09. The van der Waals surface area contributed by atoms with Gasteiger partial charge in [0.1, 0.15) is 18.2 Å². The van der Waals surface area contributed by atoms with Crippen molar-refractivity contribution in [1.29, 1.82) is 0 Å². The number of rotatable bonds is 7. The van der Waals surface area contributed by atoms with E-state index in [1.54, 1.807) is 12.1 Å². The van der Waals surface area contributed by atoms with Gasteiger partial charge in [-0.15, -0.1) is 0 Å². The summed E-state index contributed by atoms with van der Waals surface area (Å²) in [5.74, 6) is 0.256. The summed E-state index contributed by atoms with van der Waals surface area (Å²) in [6, 6.07) is 13.0. The number of amides is 2. The second kappa shape index (κ2) is 9.00. The van der Waals surface area contributed by atoms with Gasteiger partial charge in [0.15, 0.2) is 0 Å². The molecule has 2 aromatic carbocycles. The Kier molecular flexibility index (Phi) is 6.69. The average Bonchev–Trinajstić information content (AvgIpc) is 2.55. The number of hydrogen-bond acceptors (Lipinski definition) is 2. The molecule has 2 N–H and O–H groups in total. The zero-order valence-electron chi connectivity index (χ0n) is 12.5. The summed E-state index contributed by atoms with van der Waals surface area (Å²) in [7, 11) is 0. The Labute approximate surface area is 139 Å². The predicted octanol–water partition coefficient (Wildman–Crippen LogP) is 3.40. The highest BCUT2D eigenvalue weighted by Gasteiger charge is 2.00. The van der Waals surface area contributed by atoms with E-state index in [0.717, 1.165) is 12.0 Å². The molecule has 2 rings (SSSR count). The first-order chi connectivity index (χ1) is 11.1. The molecule has 0 aromatic heterocycles. The third kappa shape index (κ3) is 6.57. The van der Waals surface area contributed by atoms with Crippen LogP contribution in [-0.4, -0.2) is 25.7 Å². The van der Waals surface area contributed by atoms with Gasteiger partial charge in [-0.1, -0.05) is 23.7 Å². The van der Waals surface area contributed by atoms with Gasteiger partial charge in [0.25, 0.3) is 0 Å². The van der Waals surface area contributed by atoms with E-state index in [9.17, 15) is 9.18 Å². The van der Waals surface area contributed by atoms with Gasteiger partial charge in [-0.05, 0) is 48.4 Å². The molecule has 0 spiro atoms. The van der Waals surface area contributed by atoms with Crippen LogP contribution in [0.5, 0.6) is 5.75 Å². The minimum Gasteiger partial charge on any atom is -0.492 e. The fourth-order valence-electron chi connectivity index (χ4n) is 1.90. The van der Waals surface area contributed by atoms with Crippen molar-refractivity contribution in [2.75, 3.05) is 19.7 Å². The molecule has 23 heavy (non-hydrogen) atoms. The number of hydrogen-bond donors (Lipinski definition) is 2. The van der Waals surface area contributed by atoms with Crippen molar-refractivity contribution in [3.8, 4) is 5.75 Å². The van der Waals surface area contributed by atoms with Gasteiger partial charge in [0.2, 0.25) is 0 Å². The third-order valence-corrected chi connectivity index (χ3v) is 3.33. The zero-order chi connectivity index (χ0) is 16.5. The van der Waals surface area contributed by atoms with Crippen molar-refractivity contribution in [3.05, 3.63) is 64.9 Å². The van der Waals surface area contributed by atoms with Crippen molar-refractivity contribution in [2.45, 2.75) is 6.42 Å². The first-order valence-electron chi connectivity index (χ1n) is 7.28. The van der Waals surface area contributed by atoms with Gasteiger partial charge in [0, 0.05) is 11.6 Å². The second-order valence-electron chi connectivity index (χ2n) is 4.86. The maximum atomic E-state index is 12.7. The van der Waals surface area contributed by atoms with E-state index in [1.165, 1.54) is 12.1 Å². The first-order valence-corrected chi connectivity index (χ1v) is 7.66. The largest absolute Gasteiger partial charge is 0.492 e. The Bertz CT molecular complexity index is 617. The topological polar surface area (TPSA) is 50.4 Å². The van der Waals surface area contributed by atoms with E-state index in [0.29, 0.717) is 30.5 Å². The van der Waals surface area contributed by atoms with Gasteiger partial charge in [-0.25, -0.2) is 9.18 Å². The van der Waals surface area contributed by atoms with Crippen LogP contribution in [0.4, 0.5) is 9.18 Å². The molecule has 0 aliphatic heterocycles. The summed E-state index contributed by atoms with van der Waals surface area (Å²) < 4.78 is 18.1. The molecule has 4 nitrogen and oxygen atoms in total. The molecule has 0 aliphatic carbocycles. The lowest BCUT2D eigenvalue weighted by atomic mass is 10.1. The minimum atomic E-state index is -0.310. The molecule has 0 saturated carbocycles. The normalized spacial score (nSPS) is 10.2. The highest BCUT2D eigenvalue weighted by atomic mass is 35.5. The Morgan fingerprint density at radius 1 is 1.00 bits per heavy atom. The van der Waals surface area contributed by atoms with Crippen LogP contribution in [-0.2, 0) is 6.42 Å². The van der Waals surface area contributed by atoms with E-state index in [1.807, 2.05) is 24.3 Å². The summed E-state index contributed by atoms with van der Waals surface area (Å²) in [4.78, 5) is 11.6. The number of ether oxygens (including phenoxy) is 1. The molecule has 0 bridgehead atoms. The van der Waals surface area contributed by atoms with Crippen LogP contribution in [0.1, 0.15) is 5.56 Å². The Morgan fingerprint density at radius 3 is 2.35 bits per heavy atom. The lowest BCUT2D eigenvalue weighted by Crippen LogP contribution is -2.38. The van der Waals surface area contributed by atoms with Crippen molar-refractivity contribution < 1.29 is 13.9 Å². The van der Waals surface area contributed by atoms with E-state index >= 15 is 0 Å². The van der Waals surface area contributed by atoms with Gasteiger partial charge < -0.3 is 15.4 Å². The number of halogens is 2. The van der Waals surface area contributed by atoms with E-state index < -0.39 is 0 Å². The Hall–Kier alpha value is -2.27. The van der Waals surface area contributed by atoms with Gasteiger partial charge >= 0.3 is 6.03 Å². The van der Waals surface area contributed by atoms with Crippen LogP contribution in [0.15, 0.2) is 48.5 Å². The Morgan fingerprint density at radius 2 is 1.65 bits per heavy atom. The molecule has 0 fully saturated rings. The molecule has 2 aromatic rings. The van der Waals surface area contributed by atoms with Crippen LogP contribution in [0.25, 0.3) is 0 Å². The van der Waals surface area contributed by atoms with Crippen molar-refractivity contribution >= 4 is 17.6 Å². The third-order valence-electron chi connectivity index (χ3n) is 3.08. The molecule has 0 radical (unpaired) electrons. The van der Waals surface area contributed by atoms with Crippen molar-refractivity contribution in [3.63, 3.8) is 0 Å². The molecule has 0 atom stereocenters. The quantitative estimate of drug-likeness (QED) is 0.761. The number of carbonyl (C=O) groups is 1. The summed E-state index contributed by atoms with van der Waals surface area (Å²) in [6.45, 7) is 1.21. The minimum absolute atomic E-state index is 0.248. The molecule has 122 valence electrons. The fraction of sp³-hybridized carbons (Fsp3) is 0.235. The second-order valence-corrected chi connectivity index (χ2v) is 5.30. The maximum absolute atomic E-state index is 12.7. The number of nitrogens with one attached hydrogen (secondary N) is 2. The number of benzene rings is 2. The molecule has 2 amide bonds. The highest BCUT2D eigenvalue weighted by molar-refractivity contribution is 6.30. The number of carbonyl (C=O) groups excluding carboxylic acids is 1. The summed E-state index contributed by atoms with van der Waals surface area (Å²) in [5.41, 5.74) is 1.11. The van der Waals surface area contributed by atoms with Crippen LogP contribution in [0, 0.1) is 5.82 Å². The van der Waals surface area contributed by atoms with Gasteiger partial charge in [0.05, 0.1) is 6.54 Å². The molecule has 0 heterocycles. The molecule has 0 aliphatic rings. The number of urea groups is 1. The van der Waals surface area contributed by atoms with Crippen LogP contribution in [0.3, 0.4) is 0 Å². The monoisotopic (exact) mass is 336 g/mol. The SMILES string of the molecule is O=C(NCCOc1ccc(F)cc1)NCCc1ccc(Cl)cc1. The van der Waals surface area contributed by atoms with Crippen molar-refractivity contribution in [1.82, 2.24) is 10.6 Å². The van der Waals surface area contributed by atoms with E-state index in [-0.39, 0.29) is 11.8 Å². The first kappa shape index (κ1) is 17.1. The molecule has 0 saturated heterocycles. The molecule has 6 heteroatoms. The van der Waals surface area contributed by atoms with Gasteiger partial charge in [-0.2, -0.15) is 0 Å². The highest BCUT2D eigenvalue weighted by Crippen LogP contribution is 2.10. The average molecular weight is 337 g/mol. The summed E-state index contributed by atoms with van der Waals surface area (Å²) in [6.07, 6.45) is 0.733. The maximum Gasteiger partial charge on any atom is 0.314 e. The lowest BCUT2D eigenvalue weighted by molar-refractivity contribution is 0.236. The van der Waals surface area contributed by atoms with Crippen LogP contribution >= 0.6 is 11.6 Å². The molecular formula is C17H18ClFN2O2. The van der Waals surface area contributed by atoms with E-state index in [2.05, 4.69) is 10.6 Å². The summed E-state index contributed by atoms with van der Waals surface area (Å²) >= 11 is 5.81. The Balaban J connectivity index is 1.56. The smallest absolute Gasteiger partial charge is 0.314 e. The fourth-order valence-corrected chi connectivity index (χ4v) is 2.02. The molecule has 0 unspecified atom stereocenters. The molecular weight excluding hydrogens is 319 g/mol. The van der Waals surface area contributed by atoms with Crippen molar-refractivity contribution in [2.24, 2.45) is 0 Å². The predicted molar refractivity (Wildman–Crippen MR) is 88.5 cm³/mol. The zero-order valence-corrected chi connectivity index (χ0v) is 13.3. The van der Waals surface area contributed by atoms with Gasteiger partial charge in [-0.3, -0.25) is 0 Å². The summed E-state index contributed by atoms with van der Waals surface area (Å²) in [5, 5.41) is 6.15. The van der Waals surface area contributed by atoms with Crippen LogP contribution < -0.4 is 15.4 Å².